The van der Waals surface area contributed by atoms with Gasteiger partial charge in [-0.05, 0) is 49.6 Å². The summed E-state index contributed by atoms with van der Waals surface area (Å²) in [4.78, 5) is 1.54. The van der Waals surface area contributed by atoms with Gasteiger partial charge < -0.3 is 0 Å². The van der Waals surface area contributed by atoms with Crippen LogP contribution in [0.5, 0.6) is 0 Å². The molecule has 3 aromatic carbocycles. The van der Waals surface area contributed by atoms with Gasteiger partial charge in [0.2, 0.25) is 10.0 Å². The zero-order valence-corrected chi connectivity index (χ0v) is 18.1. The van der Waals surface area contributed by atoms with E-state index in [-0.39, 0.29) is 11.3 Å². The Labute approximate surface area is 177 Å². The van der Waals surface area contributed by atoms with Gasteiger partial charge in [0.15, 0.2) is 0 Å². The van der Waals surface area contributed by atoms with E-state index >= 15 is 0 Å². The zero-order chi connectivity index (χ0) is 20.3. The van der Waals surface area contributed by atoms with Crippen LogP contribution in [0, 0.1) is 6.92 Å². The lowest BCUT2D eigenvalue weighted by Gasteiger charge is -2.40. The second-order valence-corrected chi connectivity index (χ2v) is 10.6. The van der Waals surface area contributed by atoms with Crippen LogP contribution in [0.4, 0.5) is 0 Å². The number of nitrogens with zero attached hydrogens (tertiary/aromatic N) is 1. The average Bonchev–Trinajstić information content (AvgIpc) is 2.75. The molecule has 1 fully saturated rings. The Morgan fingerprint density at radius 3 is 2.14 bits per heavy atom. The fraction of sp³-hybridized carbons (Fsp3) is 0.250. The lowest BCUT2D eigenvalue weighted by atomic mass is 9.97. The Morgan fingerprint density at radius 1 is 0.862 bits per heavy atom. The number of rotatable bonds is 5. The summed E-state index contributed by atoms with van der Waals surface area (Å²) >= 11 is 1.78. The van der Waals surface area contributed by atoms with Crippen molar-refractivity contribution in [3.8, 4) is 0 Å². The van der Waals surface area contributed by atoms with Crippen molar-refractivity contribution in [3.05, 3.63) is 96.1 Å². The monoisotopic (exact) mass is 423 g/mol. The molecule has 1 aliphatic heterocycles. The van der Waals surface area contributed by atoms with Gasteiger partial charge in [-0.3, -0.25) is 0 Å². The Balaban J connectivity index is 1.74. The van der Waals surface area contributed by atoms with Crippen LogP contribution in [-0.2, 0) is 10.0 Å². The minimum Gasteiger partial charge on any atom is -0.207 e. The fourth-order valence-electron chi connectivity index (χ4n) is 3.87. The molecule has 2 atom stereocenters. The molecule has 1 heterocycles. The topological polar surface area (TPSA) is 37.4 Å². The second-order valence-electron chi connectivity index (χ2n) is 7.40. The van der Waals surface area contributed by atoms with E-state index in [9.17, 15) is 8.42 Å². The molecule has 29 heavy (non-hydrogen) atoms. The molecule has 5 heteroatoms. The highest BCUT2D eigenvalue weighted by Crippen LogP contribution is 2.43. The van der Waals surface area contributed by atoms with E-state index in [1.807, 2.05) is 67.6 Å². The Kier molecular flexibility index (Phi) is 6.09. The third-order valence-corrected chi connectivity index (χ3v) is 8.56. The van der Waals surface area contributed by atoms with Crippen LogP contribution in [0.3, 0.4) is 0 Å². The van der Waals surface area contributed by atoms with Gasteiger partial charge in [0.25, 0.3) is 0 Å². The van der Waals surface area contributed by atoms with E-state index in [4.69, 9.17) is 0 Å². The number of piperidine rings is 1. The number of aryl methyl sites for hydroxylation is 1. The largest absolute Gasteiger partial charge is 0.243 e. The van der Waals surface area contributed by atoms with Crippen molar-refractivity contribution in [3.63, 3.8) is 0 Å². The molecule has 0 N–H and O–H groups in total. The lowest BCUT2D eigenvalue weighted by molar-refractivity contribution is 0.264. The fourth-order valence-corrected chi connectivity index (χ4v) is 7.02. The molecule has 0 spiro atoms. The van der Waals surface area contributed by atoms with Gasteiger partial charge >= 0.3 is 0 Å². The third-order valence-electron chi connectivity index (χ3n) is 5.33. The van der Waals surface area contributed by atoms with Crippen molar-refractivity contribution in [1.82, 2.24) is 4.31 Å². The third kappa shape index (κ3) is 4.42. The van der Waals surface area contributed by atoms with Crippen molar-refractivity contribution in [2.45, 2.75) is 40.8 Å². The van der Waals surface area contributed by atoms with Gasteiger partial charge in [-0.2, -0.15) is 4.31 Å². The smallest absolute Gasteiger partial charge is 0.207 e. The number of hydrogen-bond donors (Lipinski definition) is 0. The van der Waals surface area contributed by atoms with Crippen molar-refractivity contribution < 1.29 is 8.42 Å². The first kappa shape index (κ1) is 20.2. The number of benzene rings is 3. The molecule has 1 aliphatic rings. The summed E-state index contributed by atoms with van der Waals surface area (Å²) in [5.41, 5.74) is 2.11. The van der Waals surface area contributed by atoms with Gasteiger partial charge in [0.1, 0.15) is 0 Å². The van der Waals surface area contributed by atoms with Crippen LogP contribution < -0.4 is 0 Å². The van der Waals surface area contributed by atoms with Crippen molar-refractivity contribution in [1.29, 1.82) is 0 Å². The van der Waals surface area contributed by atoms with E-state index in [2.05, 4.69) is 12.1 Å². The molecule has 0 bridgehead atoms. The molecule has 0 amide bonds. The van der Waals surface area contributed by atoms with Crippen LogP contribution in [-0.4, -0.2) is 24.5 Å². The summed E-state index contributed by atoms with van der Waals surface area (Å²) in [6, 6.07) is 27.3. The predicted molar refractivity (Wildman–Crippen MR) is 120 cm³/mol. The first-order valence-electron chi connectivity index (χ1n) is 9.91. The average molecular weight is 424 g/mol. The summed E-state index contributed by atoms with van der Waals surface area (Å²) in [7, 11) is -3.58. The van der Waals surface area contributed by atoms with E-state index < -0.39 is 10.0 Å². The summed E-state index contributed by atoms with van der Waals surface area (Å²) in [6.45, 7) is 2.51. The van der Waals surface area contributed by atoms with Crippen LogP contribution in [0.25, 0.3) is 0 Å². The highest BCUT2D eigenvalue weighted by atomic mass is 32.2. The Bertz CT molecular complexity index is 1040. The van der Waals surface area contributed by atoms with Gasteiger partial charge in [0, 0.05) is 16.7 Å². The van der Waals surface area contributed by atoms with Crippen LogP contribution in [0.15, 0.2) is 94.7 Å². The molecule has 0 unspecified atom stereocenters. The second kappa shape index (κ2) is 8.74. The van der Waals surface area contributed by atoms with E-state index in [1.54, 1.807) is 28.2 Å². The summed E-state index contributed by atoms with van der Waals surface area (Å²) in [5, 5.41) is 0.161. The molecule has 0 saturated carbocycles. The zero-order valence-electron chi connectivity index (χ0n) is 16.4. The minimum absolute atomic E-state index is 0.161. The summed E-state index contributed by atoms with van der Waals surface area (Å²) < 4.78 is 28.9. The highest BCUT2D eigenvalue weighted by molar-refractivity contribution is 8.00. The highest BCUT2D eigenvalue weighted by Gasteiger charge is 2.40. The molecule has 150 valence electrons. The molecule has 4 rings (SSSR count). The van der Waals surface area contributed by atoms with Gasteiger partial charge in [-0.25, -0.2) is 8.42 Å². The quantitative estimate of drug-likeness (QED) is 0.530. The van der Waals surface area contributed by atoms with E-state index in [0.717, 1.165) is 24.0 Å². The van der Waals surface area contributed by atoms with Crippen molar-refractivity contribution >= 4 is 21.8 Å². The normalized spacial score (nSPS) is 20.4. The van der Waals surface area contributed by atoms with Crippen LogP contribution >= 0.6 is 11.8 Å². The SMILES string of the molecule is Cc1ccc(S(=O)(=O)N2CCC[C@@H](Sc3ccccc3)[C@@H]2c2ccccc2)cc1. The summed E-state index contributed by atoms with van der Waals surface area (Å²) in [5.74, 6) is 0. The number of thioether (sulfide) groups is 1. The Morgan fingerprint density at radius 2 is 1.48 bits per heavy atom. The maximum Gasteiger partial charge on any atom is 0.243 e. The van der Waals surface area contributed by atoms with Crippen LogP contribution in [0.1, 0.15) is 30.0 Å². The molecule has 0 aliphatic carbocycles. The Hall–Kier alpha value is -2.08. The van der Waals surface area contributed by atoms with Gasteiger partial charge in [0.05, 0.1) is 10.9 Å². The van der Waals surface area contributed by atoms with Crippen molar-refractivity contribution in [2.24, 2.45) is 0 Å². The first-order valence-corrected chi connectivity index (χ1v) is 12.2. The molecular formula is C24H25NO2S2. The maximum atomic E-state index is 13.6. The molecule has 0 radical (unpaired) electrons. The molecule has 3 nitrogen and oxygen atoms in total. The van der Waals surface area contributed by atoms with E-state index in [0.29, 0.717) is 11.4 Å². The predicted octanol–water partition coefficient (Wildman–Crippen LogP) is 5.68. The van der Waals surface area contributed by atoms with E-state index in [1.165, 1.54) is 4.90 Å². The number of sulfonamides is 1. The van der Waals surface area contributed by atoms with Crippen molar-refractivity contribution in [2.75, 3.05) is 6.54 Å². The minimum atomic E-state index is -3.58. The molecular weight excluding hydrogens is 398 g/mol. The summed E-state index contributed by atoms with van der Waals surface area (Å²) in [6.07, 6.45) is 1.85. The maximum absolute atomic E-state index is 13.6. The lowest BCUT2D eigenvalue weighted by Crippen LogP contribution is -2.44. The van der Waals surface area contributed by atoms with Gasteiger partial charge in [-0.1, -0.05) is 66.2 Å². The van der Waals surface area contributed by atoms with Gasteiger partial charge in [-0.15, -0.1) is 11.8 Å². The molecule has 0 aromatic heterocycles. The van der Waals surface area contributed by atoms with Crippen LogP contribution in [0.2, 0.25) is 0 Å². The number of hydrogen-bond acceptors (Lipinski definition) is 3. The standard InChI is InChI=1S/C24H25NO2S2/c1-19-14-16-22(17-15-19)29(26,27)25-18-8-13-23(28-21-11-6-3-7-12-21)24(25)20-9-4-2-5-10-20/h2-7,9-12,14-17,23-24H,8,13,18H2,1H3/t23-,24+/m1/s1. The molecule has 1 saturated heterocycles. The first-order chi connectivity index (χ1) is 14.1. The molecule has 3 aromatic rings.